The molecule has 2 aromatic rings. The van der Waals surface area contributed by atoms with Gasteiger partial charge in [-0.3, -0.25) is 4.98 Å². The fourth-order valence-electron chi connectivity index (χ4n) is 1.49. The first-order valence-corrected chi connectivity index (χ1v) is 6.41. The second kappa shape index (κ2) is 6.84. The van der Waals surface area contributed by atoms with Gasteiger partial charge in [-0.15, -0.1) is 0 Å². The van der Waals surface area contributed by atoms with E-state index in [4.69, 9.17) is 9.26 Å². The standard InChI is InChI=1S/C13H18N4O2/c1-3-12-16-13(19-17-12)9-18-11-6-5-10(15-8-11)7-14-4-2/h5-6,8,14H,3-4,7,9H2,1-2H3. The molecule has 0 radical (unpaired) electrons. The summed E-state index contributed by atoms with van der Waals surface area (Å²) in [6, 6.07) is 3.82. The van der Waals surface area contributed by atoms with Crippen molar-refractivity contribution in [1.82, 2.24) is 20.4 Å². The molecule has 0 fully saturated rings. The van der Waals surface area contributed by atoms with Gasteiger partial charge in [0.15, 0.2) is 12.4 Å². The lowest BCUT2D eigenvalue weighted by atomic mass is 10.3. The first kappa shape index (κ1) is 13.5. The highest BCUT2D eigenvalue weighted by Crippen LogP contribution is 2.11. The molecule has 0 atom stereocenters. The van der Waals surface area contributed by atoms with E-state index in [0.717, 1.165) is 25.2 Å². The van der Waals surface area contributed by atoms with E-state index in [1.54, 1.807) is 6.20 Å². The van der Waals surface area contributed by atoms with Gasteiger partial charge in [0.2, 0.25) is 0 Å². The van der Waals surface area contributed by atoms with Crippen molar-refractivity contribution >= 4 is 0 Å². The number of ether oxygens (including phenoxy) is 1. The Bertz CT molecular complexity index is 496. The molecule has 0 bridgehead atoms. The summed E-state index contributed by atoms with van der Waals surface area (Å²) in [4.78, 5) is 8.46. The molecule has 1 N–H and O–H groups in total. The number of nitrogens with zero attached hydrogens (tertiary/aromatic N) is 3. The van der Waals surface area contributed by atoms with Crippen LogP contribution in [-0.4, -0.2) is 21.7 Å². The van der Waals surface area contributed by atoms with Crippen LogP contribution in [0, 0.1) is 0 Å². The number of rotatable bonds is 7. The second-order valence-corrected chi connectivity index (χ2v) is 4.01. The Morgan fingerprint density at radius 1 is 1.32 bits per heavy atom. The zero-order valence-electron chi connectivity index (χ0n) is 11.2. The summed E-state index contributed by atoms with van der Waals surface area (Å²) in [5.74, 6) is 1.86. The van der Waals surface area contributed by atoms with Crippen molar-refractivity contribution in [2.75, 3.05) is 6.54 Å². The minimum atomic E-state index is 0.265. The summed E-state index contributed by atoms with van der Waals surface area (Å²) in [6.45, 7) is 5.99. The van der Waals surface area contributed by atoms with Crippen LogP contribution in [0.5, 0.6) is 5.75 Å². The molecule has 19 heavy (non-hydrogen) atoms. The lowest BCUT2D eigenvalue weighted by Crippen LogP contribution is -2.12. The van der Waals surface area contributed by atoms with Crippen LogP contribution < -0.4 is 10.1 Å². The topological polar surface area (TPSA) is 73.1 Å². The van der Waals surface area contributed by atoms with E-state index < -0.39 is 0 Å². The van der Waals surface area contributed by atoms with Crippen LogP contribution in [0.25, 0.3) is 0 Å². The number of nitrogens with one attached hydrogen (secondary N) is 1. The molecule has 0 amide bonds. The SMILES string of the molecule is CCNCc1ccc(OCc2nc(CC)no2)cn1. The lowest BCUT2D eigenvalue weighted by Gasteiger charge is -2.04. The van der Waals surface area contributed by atoms with E-state index in [9.17, 15) is 0 Å². The maximum absolute atomic E-state index is 5.53. The van der Waals surface area contributed by atoms with E-state index in [2.05, 4.69) is 27.4 Å². The largest absolute Gasteiger partial charge is 0.482 e. The highest BCUT2D eigenvalue weighted by atomic mass is 16.5. The molecule has 0 aromatic carbocycles. The molecule has 6 nitrogen and oxygen atoms in total. The van der Waals surface area contributed by atoms with Gasteiger partial charge in [0.1, 0.15) is 5.75 Å². The molecule has 0 aliphatic heterocycles. The predicted octanol–water partition coefficient (Wildman–Crippen LogP) is 1.72. The van der Waals surface area contributed by atoms with E-state index in [1.807, 2.05) is 19.1 Å². The highest BCUT2D eigenvalue weighted by molar-refractivity contribution is 5.19. The van der Waals surface area contributed by atoms with Gasteiger partial charge in [-0.05, 0) is 18.7 Å². The molecule has 2 heterocycles. The highest BCUT2D eigenvalue weighted by Gasteiger charge is 2.05. The summed E-state index contributed by atoms with van der Waals surface area (Å²) in [5.41, 5.74) is 0.986. The third-order valence-electron chi connectivity index (χ3n) is 2.54. The molecule has 0 spiro atoms. The van der Waals surface area contributed by atoms with Crippen molar-refractivity contribution in [3.8, 4) is 5.75 Å². The number of aryl methyl sites for hydroxylation is 1. The first-order valence-electron chi connectivity index (χ1n) is 6.41. The van der Waals surface area contributed by atoms with Crippen LogP contribution >= 0.6 is 0 Å². The van der Waals surface area contributed by atoms with Crippen molar-refractivity contribution in [2.45, 2.75) is 33.4 Å². The summed E-state index contributed by atoms with van der Waals surface area (Å²) in [7, 11) is 0. The van der Waals surface area contributed by atoms with Crippen molar-refractivity contribution < 1.29 is 9.26 Å². The molecule has 2 rings (SSSR count). The fourth-order valence-corrected chi connectivity index (χ4v) is 1.49. The van der Waals surface area contributed by atoms with E-state index in [-0.39, 0.29) is 6.61 Å². The van der Waals surface area contributed by atoms with Crippen molar-refractivity contribution in [3.05, 3.63) is 35.7 Å². The van der Waals surface area contributed by atoms with Crippen LogP contribution in [0.15, 0.2) is 22.9 Å². The van der Waals surface area contributed by atoms with Crippen LogP contribution in [0.2, 0.25) is 0 Å². The van der Waals surface area contributed by atoms with Crippen molar-refractivity contribution in [1.29, 1.82) is 0 Å². The Labute approximate surface area is 112 Å². The Balaban J connectivity index is 1.85. The summed E-state index contributed by atoms with van der Waals surface area (Å²) < 4.78 is 10.6. The summed E-state index contributed by atoms with van der Waals surface area (Å²) >= 11 is 0. The third-order valence-corrected chi connectivity index (χ3v) is 2.54. The number of hydrogen-bond donors (Lipinski definition) is 1. The van der Waals surface area contributed by atoms with Crippen LogP contribution in [0.1, 0.15) is 31.3 Å². The third kappa shape index (κ3) is 4.03. The Morgan fingerprint density at radius 3 is 2.84 bits per heavy atom. The Kier molecular flexibility index (Phi) is 4.85. The van der Waals surface area contributed by atoms with Crippen molar-refractivity contribution in [3.63, 3.8) is 0 Å². The fraction of sp³-hybridized carbons (Fsp3) is 0.462. The molecule has 2 aromatic heterocycles. The molecular weight excluding hydrogens is 244 g/mol. The van der Waals surface area contributed by atoms with Gasteiger partial charge in [-0.2, -0.15) is 4.98 Å². The molecule has 0 aliphatic rings. The zero-order chi connectivity index (χ0) is 13.5. The minimum absolute atomic E-state index is 0.265. The van der Waals surface area contributed by atoms with Gasteiger partial charge in [0.25, 0.3) is 5.89 Å². The van der Waals surface area contributed by atoms with Crippen LogP contribution in [0.4, 0.5) is 0 Å². The molecule has 0 saturated carbocycles. The molecule has 102 valence electrons. The van der Waals surface area contributed by atoms with Crippen LogP contribution in [0.3, 0.4) is 0 Å². The van der Waals surface area contributed by atoms with Gasteiger partial charge in [0, 0.05) is 13.0 Å². The molecule has 6 heteroatoms. The maximum atomic E-state index is 5.53. The number of hydrogen-bond acceptors (Lipinski definition) is 6. The normalized spacial score (nSPS) is 10.6. The smallest absolute Gasteiger partial charge is 0.264 e. The average Bonchev–Trinajstić information content (AvgIpc) is 2.92. The Hall–Kier alpha value is -1.95. The van der Waals surface area contributed by atoms with Gasteiger partial charge in [-0.25, -0.2) is 0 Å². The predicted molar refractivity (Wildman–Crippen MR) is 69.6 cm³/mol. The summed E-state index contributed by atoms with van der Waals surface area (Å²) in [5, 5.41) is 7.02. The van der Waals surface area contributed by atoms with Crippen LogP contribution in [-0.2, 0) is 19.6 Å². The Morgan fingerprint density at radius 2 is 2.21 bits per heavy atom. The van der Waals surface area contributed by atoms with E-state index in [1.165, 1.54) is 0 Å². The molecular formula is C13H18N4O2. The number of aromatic nitrogens is 3. The molecule has 0 unspecified atom stereocenters. The van der Waals surface area contributed by atoms with E-state index in [0.29, 0.717) is 17.5 Å². The molecule has 0 saturated heterocycles. The van der Waals surface area contributed by atoms with Crippen molar-refractivity contribution in [2.24, 2.45) is 0 Å². The van der Waals surface area contributed by atoms with Gasteiger partial charge in [0.05, 0.1) is 11.9 Å². The zero-order valence-corrected chi connectivity index (χ0v) is 11.2. The first-order chi connectivity index (χ1) is 9.31. The second-order valence-electron chi connectivity index (χ2n) is 4.01. The van der Waals surface area contributed by atoms with Gasteiger partial charge < -0.3 is 14.6 Å². The van der Waals surface area contributed by atoms with Gasteiger partial charge in [-0.1, -0.05) is 19.0 Å². The maximum Gasteiger partial charge on any atom is 0.264 e. The summed E-state index contributed by atoms with van der Waals surface area (Å²) in [6.07, 6.45) is 2.45. The average molecular weight is 262 g/mol. The monoisotopic (exact) mass is 262 g/mol. The molecule has 0 aliphatic carbocycles. The van der Waals surface area contributed by atoms with Gasteiger partial charge >= 0.3 is 0 Å². The lowest BCUT2D eigenvalue weighted by molar-refractivity contribution is 0.241. The minimum Gasteiger partial charge on any atom is -0.482 e. The number of pyridine rings is 1. The quantitative estimate of drug-likeness (QED) is 0.819. The van der Waals surface area contributed by atoms with E-state index >= 15 is 0 Å².